The van der Waals surface area contributed by atoms with Gasteiger partial charge in [-0.2, -0.15) is 0 Å². The number of esters is 1. The van der Waals surface area contributed by atoms with Crippen molar-refractivity contribution < 1.29 is 19.1 Å². The zero-order chi connectivity index (χ0) is 23.1. The van der Waals surface area contributed by atoms with E-state index in [-0.39, 0.29) is 29.2 Å². The molecule has 0 amide bonds. The summed E-state index contributed by atoms with van der Waals surface area (Å²) < 4.78 is 5.60. The molecule has 0 bridgehead atoms. The topological polar surface area (TPSA) is 60.4 Å². The minimum atomic E-state index is -0.458. The van der Waals surface area contributed by atoms with E-state index in [1.54, 1.807) is 0 Å². The second-order valence-electron chi connectivity index (χ2n) is 12.9. The van der Waals surface area contributed by atoms with Crippen molar-refractivity contribution in [1.82, 2.24) is 0 Å². The van der Waals surface area contributed by atoms with Gasteiger partial charge in [-0.3, -0.25) is 14.4 Å². The number of ether oxygens (including phenoxy) is 1. The van der Waals surface area contributed by atoms with Crippen LogP contribution in [0.3, 0.4) is 0 Å². The Morgan fingerprint density at radius 2 is 1.82 bits per heavy atom. The number of fused-ring (bicyclic) bond motifs is 9. The zero-order valence-electron chi connectivity index (χ0n) is 20.6. The fourth-order valence-corrected chi connectivity index (χ4v) is 10.3. The Kier molecular flexibility index (Phi) is 5.02. The van der Waals surface area contributed by atoms with E-state index in [2.05, 4.69) is 13.8 Å². The van der Waals surface area contributed by atoms with Gasteiger partial charge < -0.3 is 4.74 Å². The number of hydrogen-bond acceptors (Lipinski definition) is 4. The normalized spacial score (nSPS) is 50.8. The van der Waals surface area contributed by atoms with Gasteiger partial charge in [0.25, 0.3) is 0 Å². The van der Waals surface area contributed by atoms with E-state index >= 15 is 0 Å². The summed E-state index contributed by atoms with van der Waals surface area (Å²) in [6.07, 6.45) is 13.8. The molecule has 33 heavy (non-hydrogen) atoms. The summed E-state index contributed by atoms with van der Waals surface area (Å²) in [7, 11) is 0. The smallest absolute Gasteiger partial charge is 0.302 e. The zero-order valence-corrected chi connectivity index (χ0v) is 20.6. The molecule has 0 spiro atoms. The highest BCUT2D eigenvalue weighted by Gasteiger charge is 2.68. The number of hydrogen-bond donors (Lipinski definition) is 0. The van der Waals surface area contributed by atoms with Crippen LogP contribution in [0.25, 0.3) is 0 Å². The lowest BCUT2D eigenvalue weighted by molar-refractivity contribution is -0.167. The second-order valence-corrected chi connectivity index (χ2v) is 12.9. The molecule has 0 radical (unpaired) electrons. The quantitative estimate of drug-likeness (QED) is 0.480. The lowest BCUT2D eigenvalue weighted by atomic mass is 9.44. The first-order valence-corrected chi connectivity index (χ1v) is 13.7. The predicted molar refractivity (Wildman–Crippen MR) is 125 cm³/mol. The maximum absolute atomic E-state index is 14.0. The molecule has 0 aliphatic heterocycles. The van der Waals surface area contributed by atoms with Crippen molar-refractivity contribution in [1.29, 1.82) is 0 Å². The Morgan fingerprint density at radius 3 is 2.61 bits per heavy atom. The molecule has 5 saturated carbocycles. The number of Topliss-reactive ketones (excluding diaryl/α,β-unsaturated/α-hetero) is 1. The molecule has 6 aliphatic carbocycles. The van der Waals surface area contributed by atoms with E-state index in [0.717, 1.165) is 32.1 Å². The molecule has 1 unspecified atom stereocenters. The van der Waals surface area contributed by atoms with Crippen molar-refractivity contribution in [2.45, 2.75) is 97.5 Å². The molecular weight excluding hydrogens is 412 g/mol. The first-order valence-electron chi connectivity index (χ1n) is 13.7. The van der Waals surface area contributed by atoms with Crippen LogP contribution in [0.4, 0.5) is 0 Å². The van der Waals surface area contributed by atoms with E-state index in [4.69, 9.17) is 4.74 Å². The van der Waals surface area contributed by atoms with Gasteiger partial charge >= 0.3 is 5.97 Å². The maximum atomic E-state index is 14.0. The first kappa shape index (κ1) is 22.0. The van der Waals surface area contributed by atoms with Crippen molar-refractivity contribution in [3.8, 4) is 0 Å². The van der Waals surface area contributed by atoms with Crippen LogP contribution in [0.2, 0.25) is 0 Å². The molecule has 10 atom stereocenters. The van der Waals surface area contributed by atoms with Gasteiger partial charge in [0.15, 0.2) is 5.78 Å². The van der Waals surface area contributed by atoms with Crippen LogP contribution in [0.1, 0.15) is 91.4 Å². The monoisotopic (exact) mass is 452 g/mol. The Hall–Kier alpha value is -1.45. The van der Waals surface area contributed by atoms with E-state index in [0.29, 0.717) is 47.7 Å². The average Bonchev–Trinajstić information content (AvgIpc) is 3.10. The molecule has 0 aromatic rings. The van der Waals surface area contributed by atoms with Crippen LogP contribution in [0.5, 0.6) is 0 Å². The molecule has 6 rings (SSSR count). The van der Waals surface area contributed by atoms with Crippen molar-refractivity contribution >= 4 is 17.5 Å². The van der Waals surface area contributed by atoms with Gasteiger partial charge in [0, 0.05) is 24.7 Å². The second kappa shape index (κ2) is 7.52. The Morgan fingerprint density at radius 1 is 1.00 bits per heavy atom. The van der Waals surface area contributed by atoms with Crippen LogP contribution in [0.15, 0.2) is 11.6 Å². The Balaban J connectivity index is 1.30. The molecule has 6 aliphatic rings. The molecule has 0 saturated heterocycles. The number of carbonyl (C=O) groups excluding carboxylic acids is 3. The fraction of sp³-hybridized carbons (Fsp3) is 0.828. The van der Waals surface area contributed by atoms with Gasteiger partial charge in [-0.1, -0.05) is 25.8 Å². The SMILES string of the molecule is CC(=O)O[C@H]1CC[C@@]2(C)[C@@H](CC[C@@H]3[C@@H]2CC(=O)[C@]2(C)[C@@H]4C(=O)C=C5CCCCC5[C@@H]4C[C@@H]32)C1. The fourth-order valence-electron chi connectivity index (χ4n) is 10.3. The maximum Gasteiger partial charge on any atom is 0.302 e. The highest BCUT2D eigenvalue weighted by Crippen LogP contribution is 2.69. The lowest BCUT2D eigenvalue weighted by Gasteiger charge is -2.60. The van der Waals surface area contributed by atoms with E-state index in [1.807, 2.05) is 6.08 Å². The molecule has 0 aromatic heterocycles. The molecule has 0 aromatic carbocycles. The molecular formula is C29H40O4. The van der Waals surface area contributed by atoms with E-state index < -0.39 is 5.41 Å². The van der Waals surface area contributed by atoms with Crippen LogP contribution in [-0.2, 0) is 19.1 Å². The Labute approximate surface area is 198 Å². The molecule has 0 N–H and O–H groups in total. The number of allylic oxidation sites excluding steroid dienone is 2. The van der Waals surface area contributed by atoms with Crippen molar-refractivity contribution in [3.63, 3.8) is 0 Å². The molecule has 4 heteroatoms. The van der Waals surface area contributed by atoms with E-state index in [1.165, 1.54) is 44.6 Å². The van der Waals surface area contributed by atoms with E-state index in [9.17, 15) is 14.4 Å². The average molecular weight is 453 g/mol. The summed E-state index contributed by atoms with van der Waals surface area (Å²) >= 11 is 0. The summed E-state index contributed by atoms with van der Waals surface area (Å²) in [6.45, 7) is 6.13. The lowest BCUT2D eigenvalue weighted by Crippen LogP contribution is -2.58. The summed E-state index contributed by atoms with van der Waals surface area (Å²) in [5.74, 6) is 3.22. The van der Waals surface area contributed by atoms with Crippen LogP contribution in [0, 0.1) is 52.3 Å². The first-order chi connectivity index (χ1) is 15.7. The summed E-state index contributed by atoms with van der Waals surface area (Å²) in [5, 5.41) is 0. The molecule has 180 valence electrons. The van der Waals surface area contributed by atoms with Gasteiger partial charge in [0.1, 0.15) is 11.9 Å². The van der Waals surface area contributed by atoms with Crippen molar-refractivity contribution in [2.75, 3.05) is 0 Å². The summed E-state index contributed by atoms with van der Waals surface area (Å²) in [5.41, 5.74) is 1.10. The number of rotatable bonds is 1. The summed E-state index contributed by atoms with van der Waals surface area (Å²) in [6, 6.07) is 0. The minimum absolute atomic E-state index is 0.0458. The molecule has 0 heterocycles. The third-order valence-corrected chi connectivity index (χ3v) is 11.8. The molecule has 4 nitrogen and oxygen atoms in total. The number of carbonyl (C=O) groups is 3. The number of ketones is 2. The van der Waals surface area contributed by atoms with Crippen LogP contribution < -0.4 is 0 Å². The van der Waals surface area contributed by atoms with Gasteiger partial charge in [0.05, 0.1) is 0 Å². The van der Waals surface area contributed by atoms with Crippen molar-refractivity contribution in [2.24, 2.45) is 52.3 Å². The molecule has 5 fully saturated rings. The van der Waals surface area contributed by atoms with Crippen LogP contribution in [-0.4, -0.2) is 23.6 Å². The highest BCUT2D eigenvalue weighted by atomic mass is 16.5. The van der Waals surface area contributed by atoms with Gasteiger partial charge in [-0.05, 0) is 105 Å². The van der Waals surface area contributed by atoms with Gasteiger partial charge in [-0.25, -0.2) is 0 Å². The summed E-state index contributed by atoms with van der Waals surface area (Å²) in [4.78, 5) is 39.0. The third kappa shape index (κ3) is 3.04. The highest BCUT2D eigenvalue weighted by molar-refractivity contribution is 6.00. The third-order valence-electron chi connectivity index (χ3n) is 11.8. The standard InChI is InChI=1S/C29H40O4/c1-16(30)33-19-10-11-28(2)18(13-19)8-9-21-23(28)15-26(32)29(3)24(21)14-22-20-7-5-4-6-17(20)12-25(31)27(22)29/h12,18-24,27H,4-11,13-15H2,1-3H3/t18-,19-,20?,21+,22-,23-,24-,27-,28-,29+/m0/s1. The Bertz CT molecular complexity index is 919. The largest absolute Gasteiger partial charge is 0.463 e. The van der Waals surface area contributed by atoms with Gasteiger partial charge in [0.2, 0.25) is 0 Å². The van der Waals surface area contributed by atoms with Gasteiger partial charge in [-0.15, -0.1) is 0 Å². The predicted octanol–water partition coefficient (Wildman–Crippen LogP) is 5.68. The van der Waals surface area contributed by atoms with Crippen molar-refractivity contribution in [3.05, 3.63) is 11.6 Å². The minimum Gasteiger partial charge on any atom is -0.463 e. The van der Waals surface area contributed by atoms with Crippen LogP contribution >= 0.6 is 0 Å².